The van der Waals surface area contributed by atoms with Gasteiger partial charge in [0.25, 0.3) is 0 Å². The Bertz CT molecular complexity index is 636. The predicted molar refractivity (Wildman–Crippen MR) is 79.9 cm³/mol. The highest BCUT2D eigenvalue weighted by atomic mass is 16.5. The number of amides is 1. The summed E-state index contributed by atoms with van der Waals surface area (Å²) in [6, 6.07) is 12.5. The maximum Gasteiger partial charge on any atom is 0.220 e. The Morgan fingerprint density at radius 3 is 3.00 bits per heavy atom. The molecule has 104 valence electrons. The third-order valence-corrected chi connectivity index (χ3v) is 3.83. The number of hydrogen-bond donors (Lipinski definition) is 1. The van der Waals surface area contributed by atoms with Gasteiger partial charge in [-0.1, -0.05) is 43.3 Å². The van der Waals surface area contributed by atoms with Crippen molar-refractivity contribution >= 4 is 16.7 Å². The Morgan fingerprint density at radius 2 is 2.15 bits per heavy atom. The van der Waals surface area contributed by atoms with Gasteiger partial charge in [-0.25, -0.2) is 0 Å². The van der Waals surface area contributed by atoms with Crippen molar-refractivity contribution in [1.82, 2.24) is 5.32 Å². The molecule has 0 saturated carbocycles. The molecular weight excluding hydrogens is 250 g/mol. The van der Waals surface area contributed by atoms with Gasteiger partial charge >= 0.3 is 0 Å². The van der Waals surface area contributed by atoms with Crippen LogP contribution in [0.3, 0.4) is 0 Å². The molecule has 1 amide bonds. The van der Waals surface area contributed by atoms with E-state index in [1.807, 2.05) is 19.1 Å². The van der Waals surface area contributed by atoms with Gasteiger partial charge in [0, 0.05) is 17.4 Å². The number of ether oxygens (including phenoxy) is 1. The van der Waals surface area contributed by atoms with Gasteiger partial charge in [-0.3, -0.25) is 4.79 Å². The van der Waals surface area contributed by atoms with E-state index < -0.39 is 0 Å². The van der Waals surface area contributed by atoms with Crippen molar-refractivity contribution in [2.75, 3.05) is 6.61 Å². The first-order valence-corrected chi connectivity index (χ1v) is 7.23. The second-order valence-electron chi connectivity index (χ2n) is 5.17. The second-order valence-corrected chi connectivity index (χ2v) is 5.17. The van der Waals surface area contributed by atoms with E-state index in [1.54, 1.807) is 0 Å². The van der Waals surface area contributed by atoms with Crippen LogP contribution in [-0.4, -0.2) is 12.5 Å². The molecule has 0 saturated heterocycles. The minimum absolute atomic E-state index is 0.0598. The Kier molecular flexibility index (Phi) is 3.59. The highest BCUT2D eigenvalue weighted by molar-refractivity contribution is 5.90. The van der Waals surface area contributed by atoms with Gasteiger partial charge in [-0.05, 0) is 18.2 Å². The standard InChI is InChI=1S/C17H19NO2/c1-2-16(19)18-15-8-5-11-20-17-13-7-4-3-6-12(13)9-10-14(15)17/h3-4,6-7,9-10,15H,2,5,8,11H2,1H3,(H,18,19). The number of benzene rings is 2. The summed E-state index contributed by atoms with van der Waals surface area (Å²) < 4.78 is 5.96. The molecule has 2 aromatic rings. The zero-order valence-electron chi connectivity index (χ0n) is 11.7. The van der Waals surface area contributed by atoms with Crippen molar-refractivity contribution in [1.29, 1.82) is 0 Å². The third kappa shape index (κ3) is 2.36. The van der Waals surface area contributed by atoms with Crippen molar-refractivity contribution in [3.8, 4) is 5.75 Å². The summed E-state index contributed by atoms with van der Waals surface area (Å²) in [5, 5.41) is 5.41. The lowest BCUT2D eigenvalue weighted by atomic mass is 9.98. The molecule has 3 rings (SSSR count). The van der Waals surface area contributed by atoms with Crippen LogP contribution in [-0.2, 0) is 4.79 Å². The first-order valence-electron chi connectivity index (χ1n) is 7.23. The molecule has 0 spiro atoms. The fraction of sp³-hybridized carbons (Fsp3) is 0.353. The molecule has 1 unspecified atom stereocenters. The lowest BCUT2D eigenvalue weighted by Crippen LogP contribution is -2.27. The minimum atomic E-state index is 0.0598. The minimum Gasteiger partial charge on any atom is -0.493 e. The van der Waals surface area contributed by atoms with Crippen LogP contribution < -0.4 is 10.1 Å². The van der Waals surface area contributed by atoms with Gasteiger partial charge in [0.2, 0.25) is 5.91 Å². The lowest BCUT2D eigenvalue weighted by molar-refractivity contribution is -0.121. The Balaban J connectivity index is 2.07. The fourth-order valence-electron chi connectivity index (χ4n) is 2.76. The molecule has 2 aromatic carbocycles. The molecule has 0 aliphatic carbocycles. The van der Waals surface area contributed by atoms with E-state index in [4.69, 9.17) is 4.74 Å². The number of rotatable bonds is 2. The average molecular weight is 269 g/mol. The van der Waals surface area contributed by atoms with Gasteiger partial charge in [0.1, 0.15) is 5.75 Å². The Labute approximate surface area is 118 Å². The monoisotopic (exact) mass is 269 g/mol. The van der Waals surface area contributed by atoms with Crippen molar-refractivity contribution < 1.29 is 9.53 Å². The third-order valence-electron chi connectivity index (χ3n) is 3.83. The quantitative estimate of drug-likeness (QED) is 0.905. The van der Waals surface area contributed by atoms with Crippen LogP contribution in [0.15, 0.2) is 36.4 Å². The van der Waals surface area contributed by atoms with Crippen molar-refractivity contribution in [3.63, 3.8) is 0 Å². The molecule has 20 heavy (non-hydrogen) atoms. The number of carbonyl (C=O) groups is 1. The highest BCUT2D eigenvalue weighted by Crippen LogP contribution is 2.37. The zero-order chi connectivity index (χ0) is 13.9. The number of carbonyl (C=O) groups excluding carboxylic acids is 1. The summed E-state index contributed by atoms with van der Waals surface area (Å²) in [6.45, 7) is 2.59. The lowest BCUT2D eigenvalue weighted by Gasteiger charge is -2.19. The summed E-state index contributed by atoms with van der Waals surface area (Å²) in [6.07, 6.45) is 2.40. The first kappa shape index (κ1) is 13.0. The maximum absolute atomic E-state index is 11.7. The number of fused-ring (bicyclic) bond motifs is 3. The zero-order valence-corrected chi connectivity index (χ0v) is 11.7. The van der Waals surface area contributed by atoms with Crippen molar-refractivity contribution in [2.45, 2.75) is 32.2 Å². The molecule has 3 nitrogen and oxygen atoms in total. The first-order chi connectivity index (χ1) is 9.79. The topological polar surface area (TPSA) is 38.3 Å². The van der Waals surface area contributed by atoms with Crippen molar-refractivity contribution in [3.05, 3.63) is 42.0 Å². The van der Waals surface area contributed by atoms with Crippen LogP contribution in [0.5, 0.6) is 5.75 Å². The molecule has 0 fully saturated rings. The van der Waals surface area contributed by atoms with E-state index in [0.29, 0.717) is 13.0 Å². The van der Waals surface area contributed by atoms with E-state index in [2.05, 4.69) is 29.6 Å². The van der Waals surface area contributed by atoms with Crippen molar-refractivity contribution in [2.24, 2.45) is 0 Å². The molecule has 1 atom stereocenters. The predicted octanol–water partition coefficient (Wildman–Crippen LogP) is 3.58. The summed E-state index contributed by atoms with van der Waals surface area (Å²) in [5.74, 6) is 1.03. The molecule has 0 radical (unpaired) electrons. The Morgan fingerprint density at radius 1 is 1.30 bits per heavy atom. The van der Waals surface area contributed by atoms with Gasteiger partial charge in [-0.15, -0.1) is 0 Å². The highest BCUT2D eigenvalue weighted by Gasteiger charge is 2.22. The van der Waals surface area contributed by atoms with Gasteiger partial charge in [0.05, 0.1) is 12.6 Å². The normalized spacial score (nSPS) is 17.9. The largest absolute Gasteiger partial charge is 0.493 e. The van der Waals surface area contributed by atoms with E-state index in [-0.39, 0.29) is 11.9 Å². The molecule has 3 heteroatoms. The molecule has 1 aliphatic rings. The molecule has 1 heterocycles. The van der Waals surface area contributed by atoms with E-state index in [1.165, 1.54) is 5.39 Å². The molecule has 0 bridgehead atoms. The number of nitrogens with one attached hydrogen (secondary N) is 1. The fourth-order valence-corrected chi connectivity index (χ4v) is 2.76. The summed E-state index contributed by atoms with van der Waals surface area (Å²) in [4.78, 5) is 11.7. The van der Waals surface area contributed by atoms with Gasteiger partial charge < -0.3 is 10.1 Å². The van der Waals surface area contributed by atoms with Gasteiger partial charge in [0.15, 0.2) is 0 Å². The molecule has 1 aliphatic heterocycles. The van der Waals surface area contributed by atoms with Crippen LogP contribution in [0.25, 0.3) is 10.8 Å². The summed E-state index contributed by atoms with van der Waals surface area (Å²) in [7, 11) is 0. The number of hydrogen-bond acceptors (Lipinski definition) is 2. The summed E-state index contributed by atoms with van der Waals surface area (Å²) in [5.41, 5.74) is 1.10. The molecular formula is C17H19NO2. The van der Waals surface area contributed by atoms with Crippen LogP contribution in [0.1, 0.15) is 37.8 Å². The van der Waals surface area contributed by atoms with Crippen LogP contribution in [0.2, 0.25) is 0 Å². The smallest absolute Gasteiger partial charge is 0.220 e. The van der Waals surface area contributed by atoms with Gasteiger partial charge in [-0.2, -0.15) is 0 Å². The molecule has 0 aromatic heterocycles. The van der Waals surface area contributed by atoms with E-state index >= 15 is 0 Å². The second kappa shape index (κ2) is 5.53. The molecule has 1 N–H and O–H groups in total. The summed E-state index contributed by atoms with van der Waals surface area (Å²) >= 11 is 0. The van der Waals surface area contributed by atoms with E-state index in [0.717, 1.165) is 29.5 Å². The maximum atomic E-state index is 11.7. The average Bonchev–Trinajstić information content (AvgIpc) is 2.69. The van der Waals surface area contributed by atoms with Crippen LogP contribution in [0.4, 0.5) is 0 Å². The Hall–Kier alpha value is -2.03. The SMILES string of the molecule is CCC(=O)NC1CCCOc2c1ccc1ccccc21. The van der Waals surface area contributed by atoms with Crippen LogP contribution in [0, 0.1) is 0 Å². The van der Waals surface area contributed by atoms with Crippen LogP contribution >= 0.6 is 0 Å². The van der Waals surface area contributed by atoms with E-state index in [9.17, 15) is 4.79 Å².